The van der Waals surface area contributed by atoms with Gasteiger partial charge >= 0.3 is 0 Å². The van der Waals surface area contributed by atoms with Crippen molar-refractivity contribution in [2.75, 3.05) is 19.8 Å². The highest BCUT2D eigenvalue weighted by atomic mass is 16.6. The molecule has 4 atom stereocenters. The Morgan fingerprint density at radius 3 is 1.67 bits per heavy atom. The summed E-state index contributed by atoms with van der Waals surface area (Å²) < 4.78 is 11.0. The maximum atomic E-state index is 9.84. The molecule has 0 unspecified atom stereocenters. The van der Waals surface area contributed by atoms with Crippen LogP contribution in [0.25, 0.3) is 0 Å². The summed E-state index contributed by atoms with van der Waals surface area (Å²) in [5.74, 6) is 0. The van der Waals surface area contributed by atoms with Crippen LogP contribution < -0.4 is 0 Å². The molecule has 0 aromatic rings. The first-order chi connectivity index (χ1) is 14.7. The molecule has 3 N–H and O–H groups in total. The third kappa shape index (κ3) is 13.1. The number of aliphatic hydroxyl groups is 3. The molecule has 1 fully saturated rings. The van der Waals surface area contributed by atoms with E-state index in [1.165, 1.54) is 89.9 Å². The summed E-state index contributed by atoms with van der Waals surface area (Å²) in [6.07, 6.45) is 19.8. The zero-order valence-electron chi connectivity index (χ0n) is 19.2. The zero-order chi connectivity index (χ0) is 21.9. The molecule has 0 bridgehead atoms. The van der Waals surface area contributed by atoms with Crippen molar-refractivity contribution < 1.29 is 24.8 Å². The van der Waals surface area contributed by atoms with Gasteiger partial charge in [-0.25, -0.2) is 0 Å². The molecule has 5 heteroatoms. The van der Waals surface area contributed by atoms with E-state index in [1.54, 1.807) is 0 Å². The Kier molecular flexibility index (Phi) is 17.7. The lowest BCUT2D eigenvalue weighted by Crippen LogP contribution is -2.42. The Morgan fingerprint density at radius 1 is 0.800 bits per heavy atom. The normalized spacial score (nSPS) is 22.4. The largest absolute Gasteiger partial charge is 0.394 e. The molecule has 178 valence electrons. The molecular formula is C25H48O5. The van der Waals surface area contributed by atoms with Gasteiger partial charge in [-0.2, -0.15) is 0 Å². The van der Waals surface area contributed by atoms with Crippen LogP contribution in [-0.4, -0.2) is 59.6 Å². The molecule has 0 saturated carbocycles. The van der Waals surface area contributed by atoms with Gasteiger partial charge in [-0.15, -0.1) is 6.58 Å². The number of allylic oxidation sites excluding steroid dienone is 1. The SMILES string of the molecule is C=CCCCCCCCCCCCCCCCCCO[C@@H](CO)[C@@H]1OC[C@@H](O)[C@@H]1O. The van der Waals surface area contributed by atoms with Crippen molar-refractivity contribution >= 4 is 0 Å². The van der Waals surface area contributed by atoms with Crippen LogP contribution >= 0.6 is 0 Å². The maximum absolute atomic E-state index is 9.84. The highest BCUT2D eigenvalue weighted by molar-refractivity contribution is 4.88. The summed E-state index contributed by atoms with van der Waals surface area (Å²) in [6, 6.07) is 0. The first kappa shape index (κ1) is 27.6. The second-order valence-corrected chi connectivity index (χ2v) is 8.83. The van der Waals surface area contributed by atoms with Crippen molar-refractivity contribution in [3.63, 3.8) is 0 Å². The third-order valence-electron chi connectivity index (χ3n) is 6.12. The van der Waals surface area contributed by atoms with Gasteiger partial charge < -0.3 is 24.8 Å². The summed E-state index contributed by atoms with van der Waals surface area (Å²) in [7, 11) is 0. The van der Waals surface area contributed by atoms with Crippen molar-refractivity contribution in [2.24, 2.45) is 0 Å². The number of ether oxygens (including phenoxy) is 2. The predicted molar refractivity (Wildman–Crippen MR) is 123 cm³/mol. The fourth-order valence-corrected chi connectivity index (χ4v) is 4.13. The molecule has 30 heavy (non-hydrogen) atoms. The van der Waals surface area contributed by atoms with Gasteiger partial charge in [0.25, 0.3) is 0 Å². The van der Waals surface area contributed by atoms with E-state index >= 15 is 0 Å². The second kappa shape index (κ2) is 19.2. The van der Waals surface area contributed by atoms with Gasteiger partial charge in [0, 0.05) is 6.61 Å². The summed E-state index contributed by atoms with van der Waals surface area (Å²) in [6.45, 7) is 4.22. The summed E-state index contributed by atoms with van der Waals surface area (Å²) in [5, 5.41) is 28.8. The maximum Gasteiger partial charge on any atom is 0.114 e. The molecule has 1 aliphatic heterocycles. The minimum absolute atomic E-state index is 0.0993. The van der Waals surface area contributed by atoms with E-state index < -0.39 is 24.4 Å². The molecule has 0 aromatic heterocycles. The second-order valence-electron chi connectivity index (χ2n) is 8.83. The van der Waals surface area contributed by atoms with Crippen molar-refractivity contribution in [3.05, 3.63) is 12.7 Å². The minimum atomic E-state index is -0.977. The Hall–Kier alpha value is -0.460. The van der Waals surface area contributed by atoms with Crippen molar-refractivity contribution in [2.45, 2.75) is 127 Å². The minimum Gasteiger partial charge on any atom is -0.394 e. The quantitative estimate of drug-likeness (QED) is 0.179. The van der Waals surface area contributed by atoms with Crippen molar-refractivity contribution in [1.82, 2.24) is 0 Å². The fourth-order valence-electron chi connectivity index (χ4n) is 4.13. The Labute approximate surface area is 184 Å². The van der Waals surface area contributed by atoms with E-state index in [1.807, 2.05) is 6.08 Å². The van der Waals surface area contributed by atoms with Crippen molar-refractivity contribution in [1.29, 1.82) is 0 Å². The smallest absolute Gasteiger partial charge is 0.114 e. The van der Waals surface area contributed by atoms with E-state index in [-0.39, 0.29) is 13.2 Å². The van der Waals surface area contributed by atoms with Crippen LogP contribution in [0.4, 0.5) is 0 Å². The highest BCUT2D eigenvalue weighted by Crippen LogP contribution is 2.20. The topological polar surface area (TPSA) is 79.2 Å². The number of aliphatic hydroxyl groups excluding tert-OH is 3. The molecule has 1 heterocycles. The molecule has 1 rings (SSSR count). The first-order valence-corrected chi connectivity index (χ1v) is 12.5. The van der Waals surface area contributed by atoms with Crippen molar-refractivity contribution in [3.8, 4) is 0 Å². The summed E-state index contributed by atoms with van der Waals surface area (Å²) in [5.41, 5.74) is 0. The lowest BCUT2D eigenvalue weighted by Gasteiger charge is -2.24. The third-order valence-corrected chi connectivity index (χ3v) is 6.12. The van der Waals surface area contributed by atoms with Gasteiger partial charge in [-0.3, -0.25) is 0 Å². The van der Waals surface area contributed by atoms with Gasteiger partial charge in [-0.05, 0) is 19.3 Å². The van der Waals surface area contributed by atoms with E-state index in [9.17, 15) is 15.3 Å². The Morgan fingerprint density at radius 2 is 1.27 bits per heavy atom. The zero-order valence-corrected chi connectivity index (χ0v) is 19.2. The van der Waals surface area contributed by atoms with Gasteiger partial charge in [0.2, 0.25) is 0 Å². The Bertz CT molecular complexity index is 390. The van der Waals surface area contributed by atoms with Crippen LogP contribution in [0, 0.1) is 0 Å². The monoisotopic (exact) mass is 428 g/mol. The summed E-state index contributed by atoms with van der Waals surface area (Å²) >= 11 is 0. The van der Waals surface area contributed by atoms with Crippen LogP contribution in [0.15, 0.2) is 12.7 Å². The average molecular weight is 429 g/mol. The van der Waals surface area contributed by atoms with Crippen LogP contribution in [0.1, 0.15) is 103 Å². The van der Waals surface area contributed by atoms with Gasteiger partial charge in [0.15, 0.2) is 0 Å². The number of hydrogen-bond donors (Lipinski definition) is 3. The molecular weight excluding hydrogens is 380 g/mol. The van der Waals surface area contributed by atoms with E-state index in [0.29, 0.717) is 6.61 Å². The lowest BCUT2D eigenvalue weighted by molar-refractivity contribution is -0.101. The van der Waals surface area contributed by atoms with Gasteiger partial charge in [-0.1, -0.05) is 89.5 Å². The first-order valence-electron chi connectivity index (χ1n) is 12.5. The molecule has 0 amide bonds. The van der Waals surface area contributed by atoms with Crippen LogP contribution in [0.3, 0.4) is 0 Å². The van der Waals surface area contributed by atoms with E-state index in [0.717, 1.165) is 12.8 Å². The van der Waals surface area contributed by atoms with E-state index in [4.69, 9.17) is 9.47 Å². The molecule has 1 saturated heterocycles. The van der Waals surface area contributed by atoms with Gasteiger partial charge in [0.1, 0.15) is 24.4 Å². The van der Waals surface area contributed by atoms with Gasteiger partial charge in [0.05, 0.1) is 13.2 Å². The molecule has 5 nitrogen and oxygen atoms in total. The van der Waals surface area contributed by atoms with E-state index in [2.05, 4.69) is 6.58 Å². The molecule has 0 spiro atoms. The predicted octanol–water partition coefficient (Wildman–Crippen LogP) is 4.91. The lowest BCUT2D eigenvalue weighted by atomic mass is 10.0. The van der Waals surface area contributed by atoms with Crippen LogP contribution in [-0.2, 0) is 9.47 Å². The van der Waals surface area contributed by atoms with Crippen LogP contribution in [0.2, 0.25) is 0 Å². The standard InChI is InChI=1S/C25H48O5/c1-2-3-4-5-6-7-8-9-10-11-12-13-14-15-16-17-18-19-29-23(20-26)25-24(28)22(27)21-30-25/h2,22-28H,1,3-21H2/t22-,23+,24+,25+/m1/s1. The number of rotatable bonds is 21. The fraction of sp³-hybridized carbons (Fsp3) is 0.920. The average Bonchev–Trinajstić information content (AvgIpc) is 3.08. The highest BCUT2D eigenvalue weighted by Gasteiger charge is 2.40. The molecule has 0 radical (unpaired) electrons. The van der Waals surface area contributed by atoms with Crippen LogP contribution in [0.5, 0.6) is 0 Å². The summed E-state index contributed by atoms with van der Waals surface area (Å²) in [4.78, 5) is 0. The molecule has 0 aromatic carbocycles. The number of unbranched alkanes of at least 4 members (excludes halogenated alkanes) is 15. The Balaban J connectivity index is 1.80. The number of hydrogen-bond acceptors (Lipinski definition) is 5. The molecule has 0 aliphatic carbocycles. The molecule has 1 aliphatic rings.